The average Bonchev–Trinajstić information content (AvgIpc) is 3.24. The lowest BCUT2D eigenvalue weighted by Crippen LogP contribution is -2.42. The van der Waals surface area contributed by atoms with E-state index in [2.05, 4.69) is 24.1 Å². The van der Waals surface area contributed by atoms with Crippen LogP contribution in [0.1, 0.15) is 41.7 Å². The van der Waals surface area contributed by atoms with Crippen molar-refractivity contribution in [3.8, 4) is 5.75 Å². The van der Waals surface area contributed by atoms with Gasteiger partial charge in [0.15, 0.2) is 0 Å². The predicted molar refractivity (Wildman–Crippen MR) is 113 cm³/mol. The highest BCUT2D eigenvalue weighted by atomic mass is 16.3. The minimum absolute atomic E-state index is 0.104. The first-order chi connectivity index (χ1) is 14.1. The number of fused-ring (bicyclic) bond motifs is 1. The van der Waals surface area contributed by atoms with Crippen molar-refractivity contribution < 1.29 is 14.3 Å². The summed E-state index contributed by atoms with van der Waals surface area (Å²) in [6, 6.07) is 16.7. The number of furan rings is 1. The van der Waals surface area contributed by atoms with E-state index in [4.69, 9.17) is 4.42 Å². The molecule has 0 fully saturated rings. The molecule has 0 spiro atoms. The second-order valence-corrected chi connectivity index (χ2v) is 7.02. The number of hydrogen-bond acceptors (Lipinski definition) is 5. The third-order valence-corrected chi connectivity index (χ3v) is 5.37. The van der Waals surface area contributed by atoms with Crippen LogP contribution in [0.25, 0.3) is 0 Å². The van der Waals surface area contributed by atoms with Crippen molar-refractivity contribution in [1.82, 2.24) is 4.90 Å². The molecule has 2 aromatic carbocycles. The Bertz CT molecular complexity index is 996. The van der Waals surface area contributed by atoms with Crippen LogP contribution in [0.3, 0.4) is 0 Å². The first-order valence-corrected chi connectivity index (χ1v) is 9.89. The number of amides is 1. The molecular formula is C23H25N3O3. The molecule has 150 valence electrons. The zero-order valence-corrected chi connectivity index (χ0v) is 16.6. The van der Waals surface area contributed by atoms with E-state index in [1.165, 1.54) is 0 Å². The summed E-state index contributed by atoms with van der Waals surface area (Å²) in [5.74, 6) is 0.736. The lowest BCUT2D eigenvalue weighted by atomic mass is 10.0. The Morgan fingerprint density at radius 2 is 1.90 bits per heavy atom. The molecule has 1 amide bonds. The van der Waals surface area contributed by atoms with Crippen LogP contribution in [0.4, 0.5) is 11.4 Å². The van der Waals surface area contributed by atoms with Crippen LogP contribution in [-0.2, 0) is 6.54 Å². The number of carbonyl (C=O) groups excluding carboxylic acids is 1. The van der Waals surface area contributed by atoms with Gasteiger partial charge in [0.2, 0.25) is 0 Å². The van der Waals surface area contributed by atoms with Gasteiger partial charge in [0.25, 0.3) is 5.91 Å². The lowest BCUT2D eigenvalue weighted by molar-refractivity contribution is 0.0649. The third kappa shape index (κ3) is 3.53. The fourth-order valence-corrected chi connectivity index (χ4v) is 3.82. The van der Waals surface area contributed by atoms with Gasteiger partial charge in [0.1, 0.15) is 17.7 Å². The molecule has 29 heavy (non-hydrogen) atoms. The van der Waals surface area contributed by atoms with E-state index >= 15 is 0 Å². The number of aromatic hydroxyl groups is 1. The number of nitrogens with zero attached hydrogens (tertiary/aromatic N) is 2. The van der Waals surface area contributed by atoms with E-state index in [0.29, 0.717) is 23.4 Å². The summed E-state index contributed by atoms with van der Waals surface area (Å²) < 4.78 is 5.48. The van der Waals surface area contributed by atoms with Crippen LogP contribution >= 0.6 is 0 Å². The van der Waals surface area contributed by atoms with Crippen LogP contribution in [0.2, 0.25) is 0 Å². The van der Waals surface area contributed by atoms with Crippen molar-refractivity contribution in [3.63, 3.8) is 0 Å². The van der Waals surface area contributed by atoms with Gasteiger partial charge < -0.3 is 24.6 Å². The van der Waals surface area contributed by atoms with Crippen LogP contribution in [0, 0.1) is 0 Å². The monoisotopic (exact) mass is 391 g/mol. The molecule has 1 aromatic heterocycles. The molecule has 2 heterocycles. The number of carbonyl (C=O) groups is 1. The summed E-state index contributed by atoms with van der Waals surface area (Å²) in [7, 11) is 0. The summed E-state index contributed by atoms with van der Waals surface area (Å²) in [6.07, 6.45) is 1.09. The standard InChI is InChI=1S/C23H25N3O3/c1-3-25(4-2)16-11-12-19(21(27)14-16)22-24-20-10-6-5-9-18(20)23(28)26(22)15-17-8-7-13-29-17/h5-14,22,24,27H,3-4,15H2,1-2H3/t22-/m0/s1. The Labute approximate surface area is 170 Å². The van der Waals surface area contributed by atoms with Crippen LogP contribution in [0.15, 0.2) is 65.3 Å². The molecule has 1 aliphatic heterocycles. The Hall–Kier alpha value is -3.41. The summed E-state index contributed by atoms with van der Waals surface area (Å²) in [6.45, 7) is 6.17. The maximum Gasteiger partial charge on any atom is 0.258 e. The minimum atomic E-state index is -0.506. The quantitative estimate of drug-likeness (QED) is 0.643. The molecule has 0 saturated heterocycles. The summed E-state index contributed by atoms with van der Waals surface area (Å²) in [4.78, 5) is 17.1. The van der Waals surface area contributed by atoms with Gasteiger partial charge in [-0.1, -0.05) is 12.1 Å². The van der Waals surface area contributed by atoms with Crippen molar-refractivity contribution in [2.24, 2.45) is 0 Å². The molecule has 0 aliphatic carbocycles. The number of nitrogens with one attached hydrogen (secondary N) is 1. The fraction of sp³-hybridized carbons (Fsp3) is 0.261. The number of phenols is 1. The molecule has 3 aromatic rings. The van der Waals surface area contributed by atoms with E-state index in [1.54, 1.807) is 29.4 Å². The van der Waals surface area contributed by atoms with E-state index in [-0.39, 0.29) is 11.7 Å². The van der Waals surface area contributed by atoms with Gasteiger partial charge in [0.05, 0.1) is 18.4 Å². The lowest BCUT2D eigenvalue weighted by Gasteiger charge is -2.38. The number of phenolic OH excluding ortho intramolecular Hbond substituents is 1. The predicted octanol–water partition coefficient (Wildman–Crippen LogP) is 4.60. The minimum Gasteiger partial charge on any atom is -0.507 e. The van der Waals surface area contributed by atoms with E-state index in [0.717, 1.165) is 24.5 Å². The summed E-state index contributed by atoms with van der Waals surface area (Å²) in [5, 5.41) is 14.2. The normalized spacial score (nSPS) is 15.7. The van der Waals surface area contributed by atoms with Gasteiger partial charge in [-0.15, -0.1) is 0 Å². The highest BCUT2D eigenvalue weighted by Crippen LogP contribution is 2.38. The largest absolute Gasteiger partial charge is 0.507 e. The molecular weight excluding hydrogens is 366 g/mol. The number of anilines is 2. The van der Waals surface area contributed by atoms with Crippen LogP contribution in [-0.4, -0.2) is 29.0 Å². The van der Waals surface area contributed by atoms with Crippen molar-refractivity contribution in [2.75, 3.05) is 23.3 Å². The maximum absolute atomic E-state index is 13.3. The Morgan fingerprint density at radius 3 is 2.59 bits per heavy atom. The van der Waals surface area contributed by atoms with Gasteiger partial charge in [-0.2, -0.15) is 0 Å². The molecule has 0 bridgehead atoms. The molecule has 0 radical (unpaired) electrons. The van der Waals surface area contributed by atoms with Crippen LogP contribution in [0.5, 0.6) is 5.75 Å². The van der Waals surface area contributed by atoms with E-state index < -0.39 is 6.17 Å². The number of para-hydroxylation sites is 1. The summed E-state index contributed by atoms with van der Waals surface area (Å²) >= 11 is 0. The molecule has 0 unspecified atom stereocenters. The van der Waals surface area contributed by atoms with E-state index in [1.807, 2.05) is 36.4 Å². The Balaban J connectivity index is 1.74. The van der Waals surface area contributed by atoms with Crippen molar-refractivity contribution in [1.29, 1.82) is 0 Å². The highest BCUT2D eigenvalue weighted by molar-refractivity contribution is 6.01. The first kappa shape index (κ1) is 18.9. The second-order valence-electron chi connectivity index (χ2n) is 7.02. The van der Waals surface area contributed by atoms with Gasteiger partial charge in [-0.05, 0) is 50.2 Å². The molecule has 6 heteroatoms. The zero-order valence-electron chi connectivity index (χ0n) is 16.6. The zero-order chi connectivity index (χ0) is 20.4. The topological polar surface area (TPSA) is 69.0 Å². The average molecular weight is 391 g/mol. The van der Waals surface area contributed by atoms with Gasteiger partial charge >= 0.3 is 0 Å². The second kappa shape index (κ2) is 7.91. The molecule has 1 aliphatic rings. The molecule has 2 N–H and O–H groups in total. The van der Waals surface area contributed by atoms with Crippen molar-refractivity contribution in [2.45, 2.75) is 26.6 Å². The van der Waals surface area contributed by atoms with E-state index in [9.17, 15) is 9.90 Å². The molecule has 4 rings (SSSR count). The number of rotatable bonds is 6. The third-order valence-electron chi connectivity index (χ3n) is 5.37. The smallest absolute Gasteiger partial charge is 0.258 e. The number of hydrogen-bond donors (Lipinski definition) is 2. The molecule has 6 nitrogen and oxygen atoms in total. The maximum atomic E-state index is 13.3. The SMILES string of the molecule is CCN(CC)c1ccc([C@H]2Nc3ccccc3C(=O)N2Cc2ccco2)c(O)c1. The van der Waals surface area contributed by atoms with Gasteiger partial charge in [0, 0.05) is 36.1 Å². The molecule has 1 atom stereocenters. The summed E-state index contributed by atoms with van der Waals surface area (Å²) in [5.41, 5.74) is 2.96. The molecule has 0 saturated carbocycles. The van der Waals surface area contributed by atoms with Gasteiger partial charge in [-0.25, -0.2) is 0 Å². The van der Waals surface area contributed by atoms with Gasteiger partial charge in [-0.3, -0.25) is 4.79 Å². The van der Waals surface area contributed by atoms with Crippen molar-refractivity contribution in [3.05, 3.63) is 77.7 Å². The Morgan fingerprint density at radius 1 is 1.10 bits per heavy atom. The van der Waals surface area contributed by atoms with Crippen molar-refractivity contribution >= 4 is 17.3 Å². The number of benzene rings is 2. The highest BCUT2D eigenvalue weighted by Gasteiger charge is 2.34. The first-order valence-electron chi connectivity index (χ1n) is 9.89. The fourth-order valence-electron chi connectivity index (χ4n) is 3.82. The van der Waals surface area contributed by atoms with Crippen LogP contribution < -0.4 is 10.2 Å². The Kier molecular flexibility index (Phi) is 5.16.